The van der Waals surface area contributed by atoms with E-state index >= 15 is 0 Å². The van der Waals surface area contributed by atoms with Crippen LogP contribution in [-0.4, -0.2) is 83.3 Å². The number of carbonyl (C=O) groups is 3. The molecule has 3 amide bonds. The topological polar surface area (TPSA) is 105 Å². The number of halogens is 6. The molecule has 2 N–H and O–H groups in total. The number of piperidine rings is 1. The zero-order valence-corrected chi connectivity index (χ0v) is 24.3. The predicted octanol–water partition coefficient (Wildman–Crippen LogP) is 4.96. The van der Waals surface area contributed by atoms with Gasteiger partial charge in [-0.2, -0.15) is 26.3 Å². The number of anilines is 1. The summed E-state index contributed by atoms with van der Waals surface area (Å²) >= 11 is 0. The van der Waals surface area contributed by atoms with Gasteiger partial charge in [-0.05, 0) is 66.5 Å². The molecule has 42 heavy (non-hydrogen) atoms. The summed E-state index contributed by atoms with van der Waals surface area (Å²) in [7, 11) is 0. The van der Waals surface area contributed by atoms with Crippen molar-refractivity contribution in [2.24, 2.45) is 5.73 Å². The van der Waals surface area contributed by atoms with Crippen LogP contribution < -0.4 is 15.4 Å². The molecule has 1 fully saturated rings. The van der Waals surface area contributed by atoms with Crippen LogP contribution in [-0.2, 0) is 15.7 Å². The fourth-order valence-electron chi connectivity index (χ4n) is 5.07. The number of fused-ring (bicyclic) bond motifs is 1. The van der Waals surface area contributed by atoms with E-state index in [1.54, 1.807) is 34.6 Å². The number of nitrogens with two attached hydrogens (primary N) is 1. The third kappa shape index (κ3) is 6.55. The molecule has 236 valence electrons. The van der Waals surface area contributed by atoms with Crippen molar-refractivity contribution in [1.29, 1.82) is 0 Å². The standard InChI is InChI=1S/C27H36F6N4O5/c1-15(2)37(16-8-7-10-35(14-16)23(40)42-24(3,4)5)21(38)17-12-19-20(13-18(17)26(28,29)30)41-25(6,27(31,32)33)22(39)36(19)11-9-34/h12-13,15-16H,7-11,14,34H2,1-6H3/t16-,25-/m1/s1. The van der Waals surface area contributed by atoms with Crippen LogP contribution in [0.5, 0.6) is 5.75 Å². The number of hydrogen-bond donors (Lipinski definition) is 1. The molecule has 2 aliphatic heterocycles. The summed E-state index contributed by atoms with van der Waals surface area (Å²) in [5, 5.41) is 0. The van der Waals surface area contributed by atoms with Gasteiger partial charge in [-0.15, -0.1) is 0 Å². The quantitative estimate of drug-likeness (QED) is 0.473. The largest absolute Gasteiger partial charge is 0.466 e. The minimum atomic E-state index is -5.27. The zero-order valence-electron chi connectivity index (χ0n) is 24.3. The molecule has 3 rings (SSSR count). The van der Waals surface area contributed by atoms with Crippen LogP contribution in [0.4, 0.5) is 36.8 Å². The van der Waals surface area contributed by atoms with Gasteiger partial charge in [0.2, 0.25) is 0 Å². The number of likely N-dealkylation sites (tertiary alicyclic amines) is 1. The van der Waals surface area contributed by atoms with Gasteiger partial charge in [0.1, 0.15) is 11.4 Å². The molecule has 0 aliphatic carbocycles. The van der Waals surface area contributed by atoms with Crippen molar-refractivity contribution in [2.45, 2.75) is 90.0 Å². The molecule has 1 saturated heterocycles. The lowest BCUT2D eigenvalue weighted by molar-refractivity contribution is -0.236. The Balaban J connectivity index is 2.11. The lowest BCUT2D eigenvalue weighted by atomic mass is 9.95. The highest BCUT2D eigenvalue weighted by atomic mass is 19.4. The Morgan fingerprint density at radius 1 is 1.17 bits per heavy atom. The Morgan fingerprint density at radius 2 is 1.79 bits per heavy atom. The van der Waals surface area contributed by atoms with Gasteiger partial charge >= 0.3 is 18.4 Å². The van der Waals surface area contributed by atoms with E-state index in [-0.39, 0.29) is 13.1 Å². The van der Waals surface area contributed by atoms with Crippen molar-refractivity contribution >= 4 is 23.6 Å². The Labute approximate surface area is 239 Å². The highest BCUT2D eigenvalue weighted by Crippen LogP contribution is 2.48. The van der Waals surface area contributed by atoms with E-state index in [2.05, 4.69) is 0 Å². The van der Waals surface area contributed by atoms with Gasteiger partial charge in [0.15, 0.2) is 0 Å². The highest BCUT2D eigenvalue weighted by molar-refractivity contribution is 6.05. The zero-order chi connectivity index (χ0) is 32.0. The maximum absolute atomic E-state index is 14.3. The van der Waals surface area contributed by atoms with Crippen LogP contribution in [0.25, 0.3) is 0 Å². The molecule has 2 atom stereocenters. The molecule has 1 aromatic rings. The first-order valence-corrected chi connectivity index (χ1v) is 13.5. The van der Waals surface area contributed by atoms with E-state index in [0.29, 0.717) is 37.3 Å². The molecular formula is C27H36F6N4O5. The highest BCUT2D eigenvalue weighted by Gasteiger charge is 2.63. The first-order chi connectivity index (χ1) is 19.1. The van der Waals surface area contributed by atoms with Crippen LogP contribution >= 0.6 is 0 Å². The molecule has 0 saturated carbocycles. The Bertz CT molecular complexity index is 1210. The summed E-state index contributed by atoms with van der Waals surface area (Å²) in [4.78, 5) is 42.8. The van der Waals surface area contributed by atoms with Gasteiger partial charge in [-0.1, -0.05) is 0 Å². The second kappa shape index (κ2) is 11.5. The van der Waals surface area contributed by atoms with E-state index in [1.807, 2.05) is 0 Å². The van der Waals surface area contributed by atoms with Crippen LogP contribution in [0.3, 0.4) is 0 Å². The molecule has 0 bridgehead atoms. The number of rotatable bonds is 5. The van der Waals surface area contributed by atoms with Crippen molar-refractivity contribution in [3.05, 3.63) is 23.3 Å². The molecule has 2 heterocycles. The van der Waals surface area contributed by atoms with Crippen molar-refractivity contribution < 1.29 is 50.2 Å². The van der Waals surface area contributed by atoms with Gasteiger partial charge in [-0.25, -0.2) is 4.79 Å². The molecule has 9 nitrogen and oxygen atoms in total. The Hall–Kier alpha value is -3.23. The molecule has 0 aromatic heterocycles. The predicted molar refractivity (Wildman–Crippen MR) is 140 cm³/mol. The van der Waals surface area contributed by atoms with Gasteiger partial charge in [0.25, 0.3) is 17.4 Å². The number of amides is 3. The first-order valence-electron chi connectivity index (χ1n) is 13.5. The number of nitrogens with zero attached hydrogens (tertiary/aromatic N) is 3. The van der Waals surface area contributed by atoms with Crippen molar-refractivity contribution in [3.8, 4) is 5.75 Å². The molecule has 15 heteroatoms. The number of hydrogen-bond acceptors (Lipinski definition) is 6. The summed E-state index contributed by atoms with van der Waals surface area (Å²) < 4.78 is 95.0. The molecule has 2 aliphatic rings. The normalized spacial score (nSPS) is 21.7. The van der Waals surface area contributed by atoms with Crippen LogP contribution in [0.2, 0.25) is 0 Å². The summed E-state index contributed by atoms with van der Waals surface area (Å²) in [5.74, 6) is -3.51. The first kappa shape index (κ1) is 33.3. The van der Waals surface area contributed by atoms with E-state index in [4.69, 9.17) is 15.2 Å². The van der Waals surface area contributed by atoms with E-state index in [1.165, 1.54) is 9.80 Å². The monoisotopic (exact) mass is 610 g/mol. The lowest BCUT2D eigenvalue weighted by Gasteiger charge is -2.43. The fraction of sp³-hybridized carbons (Fsp3) is 0.667. The van der Waals surface area contributed by atoms with Crippen LogP contribution in [0, 0.1) is 0 Å². The van der Waals surface area contributed by atoms with Crippen molar-refractivity contribution in [1.82, 2.24) is 9.80 Å². The smallest absolute Gasteiger partial charge is 0.437 e. The third-order valence-corrected chi connectivity index (χ3v) is 7.02. The second-order valence-electron chi connectivity index (χ2n) is 11.8. The average molecular weight is 611 g/mol. The number of benzene rings is 1. The number of ether oxygens (including phenoxy) is 2. The van der Waals surface area contributed by atoms with E-state index in [0.717, 1.165) is 6.07 Å². The summed E-state index contributed by atoms with van der Waals surface area (Å²) in [6, 6.07) is -0.282. The Morgan fingerprint density at radius 3 is 2.29 bits per heavy atom. The Kier molecular flexibility index (Phi) is 9.07. The molecule has 0 spiro atoms. The number of alkyl halides is 6. The molecule has 0 radical (unpaired) electrons. The molecule has 0 unspecified atom stereocenters. The average Bonchev–Trinajstić information content (AvgIpc) is 2.84. The minimum Gasteiger partial charge on any atom is -0.466 e. The van der Waals surface area contributed by atoms with Gasteiger partial charge < -0.3 is 29.9 Å². The minimum absolute atomic E-state index is 0.00401. The number of carbonyl (C=O) groups excluding carboxylic acids is 3. The summed E-state index contributed by atoms with van der Waals surface area (Å²) in [5.41, 5.74) is -1.58. The summed E-state index contributed by atoms with van der Waals surface area (Å²) in [6.45, 7) is 8.20. The van der Waals surface area contributed by atoms with Gasteiger partial charge in [0, 0.05) is 32.2 Å². The molecule has 1 aromatic carbocycles. The fourth-order valence-corrected chi connectivity index (χ4v) is 5.07. The second-order valence-corrected chi connectivity index (χ2v) is 11.8. The maximum atomic E-state index is 14.3. The SMILES string of the molecule is CC(C)N(C(=O)c1cc2c(cc1C(F)(F)F)O[C@@](C)(C(F)(F)F)C(=O)N2CCN)[C@@H]1CCCN(C(=O)OC(C)(C)C)C1. The third-order valence-electron chi connectivity index (χ3n) is 7.02. The summed E-state index contributed by atoms with van der Waals surface area (Å²) in [6.07, 6.45) is -10.2. The van der Waals surface area contributed by atoms with Crippen molar-refractivity contribution in [2.75, 3.05) is 31.1 Å². The van der Waals surface area contributed by atoms with Crippen molar-refractivity contribution in [3.63, 3.8) is 0 Å². The molecular weight excluding hydrogens is 574 g/mol. The van der Waals surface area contributed by atoms with Gasteiger partial charge in [-0.3, -0.25) is 9.59 Å². The van der Waals surface area contributed by atoms with E-state index in [9.17, 15) is 40.7 Å². The van der Waals surface area contributed by atoms with Crippen LogP contribution in [0.15, 0.2) is 12.1 Å². The van der Waals surface area contributed by atoms with E-state index < -0.39 is 82.7 Å². The van der Waals surface area contributed by atoms with Crippen LogP contribution in [0.1, 0.15) is 70.3 Å². The van der Waals surface area contributed by atoms with Gasteiger partial charge in [0.05, 0.1) is 22.9 Å². The lowest BCUT2D eigenvalue weighted by Crippen LogP contribution is -2.63. The maximum Gasteiger partial charge on any atom is 0.437 e.